The molecule has 1 fully saturated rings. The molecule has 1 saturated heterocycles. The Balaban J connectivity index is 1.51. The molecule has 0 bridgehead atoms. The Labute approximate surface area is 139 Å². The smallest absolute Gasteiger partial charge is 0.307 e. The van der Waals surface area contributed by atoms with Gasteiger partial charge in [0.15, 0.2) is 0 Å². The van der Waals surface area contributed by atoms with Crippen LogP contribution in [0, 0.1) is 17.7 Å². The molecule has 1 aromatic rings. The fourth-order valence-corrected chi connectivity index (χ4v) is 3.14. The minimum atomic E-state index is -0.563. The Morgan fingerprint density at radius 3 is 2.38 bits per heavy atom. The minimum Gasteiger partial charge on any atom is -0.461 e. The first-order chi connectivity index (χ1) is 11.6. The average molecular weight is 331 g/mol. The maximum absolute atomic E-state index is 13.4. The number of halogens is 1. The molecule has 0 unspecified atom stereocenters. The Morgan fingerprint density at radius 2 is 1.75 bits per heavy atom. The summed E-state index contributed by atoms with van der Waals surface area (Å²) in [6.07, 6.45) is 4.89. The maximum atomic E-state index is 13.4. The third-order valence-corrected chi connectivity index (χ3v) is 4.48. The Bertz CT molecular complexity index is 674. The lowest BCUT2D eigenvalue weighted by molar-refractivity contribution is -0.146. The van der Waals surface area contributed by atoms with Crippen LogP contribution in [-0.4, -0.2) is 29.2 Å². The fraction of sp³-hybridized carbons (Fsp3) is 0.389. The highest BCUT2D eigenvalue weighted by molar-refractivity contribution is 6.05. The maximum Gasteiger partial charge on any atom is 0.307 e. The van der Waals surface area contributed by atoms with Crippen LogP contribution in [0.3, 0.4) is 0 Å². The van der Waals surface area contributed by atoms with E-state index in [1.165, 1.54) is 12.1 Å². The van der Waals surface area contributed by atoms with E-state index in [0.29, 0.717) is 12.8 Å². The lowest BCUT2D eigenvalue weighted by Crippen LogP contribution is -2.33. The molecule has 2 aliphatic rings. The second kappa shape index (κ2) is 6.95. The lowest BCUT2D eigenvalue weighted by Gasteiger charge is -2.14. The molecule has 0 spiro atoms. The first-order valence-corrected chi connectivity index (χ1v) is 7.97. The van der Waals surface area contributed by atoms with Gasteiger partial charge in [0.25, 0.3) is 0 Å². The first-order valence-electron chi connectivity index (χ1n) is 7.97. The zero-order valence-electron chi connectivity index (χ0n) is 13.1. The summed E-state index contributed by atoms with van der Waals surface area (Å²) in [5.41, 5.74) is 0.288. The topological polar surface area (TPSA) is 63.7 Å². The number of fused-ring (bicyclic) bond motifs is 1. The van der Waals surface area contributed by atoms with E-state index in [-0.39, 0.29) is 48.8 Å². The number of allylic oxidation sites excluding steroid dienone is 2. The van der Waals surface area contributed by atoms with Gasteiger partial charge in [0, 0.05) is 12.1 Å². The second-order valence-electron chi connectivity index (χ2n) is 5.99. The Hall–Kier alpha value is -2.50. The number of imide groups is 1. The number of ether oxygens (including phenoxy) is 1. The van der Waals surface area contributed by atoms with Gasteiger partial charge in [0.1, 0.15) is 12.4 Å². The van der Waals surface area contributed by atoms with Crippen molar-refractivity contribution in [2.24, 2.45) is 11.8 Å². The molecular weight excluding hydrogens is 313 g/mol. The monoisotopic (exact) mass is 331 g/mol. The molecule has 2 atom stereocenters. The van der Waals surface area contributed by atoms with E-state index in [1.807, 2.05) is 12.2 Å². The Morgan fingerprint density at radius 1 is 1.12 bits per heavy atom. The van der Waals surface area contributed by atoms with Gasteiger partial charge in [-0.25, -0.2) is 4.39 Å². The quantitative estimate of drug-likeness (QED) is 0.471. The van der Waals surface area contributed by atoms with Gasteiger partial charge in [0.05, 0.1) is 18.3 Å². The molecule has 0 N–H and O–H groups in total. The molecule has 0 saturated carbocycles. The van der Waals surface area contributed by atoms with E-state index in [0.717, 1.165) is 4.90 Å². The third-order valence-electron chi connectivity index (χ3n) is 4.48. The van der Waals surface area contributed by atoms with Crippen molar-refractivity contribution in [3.8, 4) is 0 Å². The summed E-state index contributed by atoms with van der Waals surface area (Å²) in [5, 5.41) is 0. The fourth-order valence-electron chi connectivity index (χ4n) is 3.14. The molecule has 2 amide bonds. The van der Waals surface area contributed by atoms with E-state index >= 15 is 0 Å². The second-order valence-corrected chi connectivity index (χ2v) is 5.99. The van der Waals surface area contributed by atoms with Gasteiger partial charge in [-0.15, -0.1) is 0 Å². The van der Waals surface area contributed by atoms with E-state index < -0.39 is 11.8 Å². The number of carbonyl (C=O) groups excluding carboxylic acids is 3. The van der Waals surface area contributed by atoms with E-state index in [4.69, 9.17) is 4.74 Å². The number of esters is 1. The highest BCUT2D eigenvalue weighted by Gasteiger charge is 2.46. The summed E-state index contributed by atoms with van der Waals surface area (Å²) in [7, 11) is 0. The van der Waals surface area contributed by atoms with Crippen LogP contribution in [0.1, 0.15) is 24.8 Å². The minimum absolute atomic E-state index is 0.0147. The van der Waals surface area contributed by atoms with Crippen molar-refractivity contribution in [2.45, 2.75) is 25.9 Å². The summed E-state index contributed by atoms with van der Waals surface area (Å²) in [5.74, 6) is -2.01. The van der Waals surface area contributed by atoms with Crippen LogP contribution >= 0.6 is 0 Å². The van der Waals surface area contributed by atoms with Crippen LogP contribution in [-0.2, 0) is 25.7 Å². The highest BCUT2D eigenvalue weighted by atomic mass is 19.1. The number of carbonyl (C=O) groups is 3. The predicted octanol–water partition coefficient (Wildman–Crippen LogP) is 2.21. The van der Waals surface area contributed by atoms with Gasteiger partial charge < -0.3 is 4.74 Å². The molecule has 5 nitrogen and oxygen atoms in total. The molecule has 1 heterocycles. The summed E-state index contributed by atoms with van der Waals surface area (Å²) in [6.45, 7) is -0.149. The normalized spacial score (nSPS) is 22.6. The molecule has 1 aromatic carbocycles. The van der Waals surface area contributed by atoms with Crippen molar-refractivity contribution >= 4 is 17.8 Å². The van der Waals surface area contributed by atoms with Gasteiger partial charge in [-0.3, -0.25) is 19.3 Å². The van der Waals surface area contributed by atoms with Crippen LogP contribution in [0.5, 0.6) is 0 Å². The van der Waals surface area contributed by atoms with Gasteiger partial charge in [-0.1, -0.05) is 30.4 Å². The number of hydrogen-bond donors (Lipinski definition) is 0. The molecular formula is C18H18FNO4. The van der Waals surface area contributed by atoms with E-state index in [1.54, 1.807) is 12.1 Å². The van der Waals surface area contributed by atoms with Gasteiger partial charge in [0.2, 0.25) is 11.8 Å². The van der Waals surface area contributed by atoms with Crippen LogP contribution < -0.4 is 0 Å². The molecule has 126 valence electrons. The van der Waals surface area contributed by atoms with Crippen molar-refractivity contribution in [2.75, 3.05) is 6.54 Å². The summed E-state index contributed by atoms with van der Waals surface area (Å²) >= 11 is 0. The zero-order chi connectivity index (χ0) is 17.1. The van der Waals surface area contributed by atoms with Crippen LogP contribution in [0.2, 0.25) is 0 Å². The molecule has 0 aromatic heterocycles. The SMILES string of the molecule is O=C(CCN1C(=O)[C@H]2CC=CC[C@H]2C1=O)OCc1ccccc1F. The standard InChI is InChI=1S/C18H18FNO4/c19-15-8-4-1-5-12(15)11-24-16(21)9-10-20-17(22)13-6-2-3-7-14(13)18(20)23/h1-5,8,13-14H,6-7,9-11H2/t13-,14+. The number of benzene rings is 1. The van der Waals surface area contributed by atoms with Crippen molar-refractivity contribution in [1.82, 2.24) is 4.90 Å². The van der Waals surface area contributed by atoms with Crippen LogP contribution in [0.25, 0.3) is 0 Å². The van der Waals surface area contributed by atoms with Crippen molar-refractivity contribution < 1.29 is 23.5 Å². The van der Waals surface area contributed by atoms with Crippen LogP contribution in [0.4, 0.5) is 4.39 Å². The third kappa shape index (κ3) is 3.22. The Kier molecular flexibility index (Phi) is 4.74. The zero-order valence-corrected chi connectivity index (χ0v) is 13.1. The van der Waals surface area contributed by atoms with E-state index in [2.05, 4.69) is 0 Å². The average Bonchev–Trinajstić information content (AvgIpc) is 2.84. The van der Waals surface area contributed by atoms with Crippen molar-refractivity contribution in [3.63, 3.8) is 0 Å². The first kappa shape index (κ1) is 16.4. The van der Waals surface area contributed by atoms with Crippen LogP contribution in [0.15, 0.2) is 36.4 Å². The molecule has 3 rings (SSSR count). The summed E-state index contributed by atoms with van der Waals surface area (Å²) < 4.78 is 18.5. The molecule has 24 heavy (non-hydrogen) atoms. The number of rotatable bonds is 5. The van der Waals surface area contributed by atoms with Crippen molar-refractivity contribution in [1.29, 1.82) is 0 Å². The molecule has 1 aliphatic heterocycles. The molecule has 0 radical (unpaired) electrons. The molecule has 1 aliphatic carbocycles. The summed E-state index contributed by atoms with van der Waals surface area (Å²) in [4.78, 5) is 37.5. The number of nitrogens with zero attached hydrogens (tertiary/aromatic N) is 1. The number of hydrogen-bond acceptors (Lipinski definition) is 4. The molecule has 6 heteroatoms. The number of likely N-dealkylation sites (tertiary alicyclic amines) is 1. The van der Waals surface area contributed by atoms with Gasteiger partial charge in [-0.05, 0) is 18.9 Å². The largest absolute Gasteiger partial charge is 0.461 e. The number of amides is 2. The lowest BCUT2D eigenvalue weighted by atomic mass is 9.85. The summed E-state index contributed by atoms with van der Waals surface area (Å²) in [6, 6.07) is 6.04. The van der Waals surface area contributed by atoms with Gasteiger partial charge in [-0.2, -0.15) is 0 Å². The van der Waals surface area contributed by atoms with Crippen molar-refractivity contribution in [3.05, 3.63) is 47.8 Å². The highest BCUT2D eigenvalue weighted by Crippen LogP contribution is 2.34. The predicted molar refractivity (Wildman–Crippen MR) is 82.9 cm³/mol. The van der Waals surface area contributed by atoms with E-state index in [9.17, 15) is 18.8 Å². The van der Waals surface area contributed by atoms with Gasteiger partial charge >= 0.3 is 5.97 Å².